The van der Waals surface area contributed by atoms with E-state index in [-0.39, 0.29) is 13.0 Å². The van der Waals surface area contributed by atoms with E-state index in [1.807, 2.05) is 0 Å². The summed E-state index contributed by atoms with van der Waals surface area (Å²) >= 11 is 0. The lowest BCUT2D eigenvalue weighted by Crippen LogP contribution is -2.50. The molecule has 0 saturated carbocycles. The van der Waals surface area contributed by atoms with E-state index < -0.39 is 30.4 Å². The summed E-state index contributed by atoms with van der Waals surface area (Å²) in [5.41, 5.74) is 0. The zero-order valence-electron chi connectivity index (χ0n) is 6.83. The number of ether oxygens (including phenoxy) is 1. The van der Waals surface area contributed by atoms with Gasteiger partial charge in [0.1, 0.15) is 12.2 Å². The minimum Gasteiger partial charge on any atom is -0.464 e. The minimum atomic E-state index is -1.80. The fourth-order valence-electron chi connectivity index (χ4n) is 1.09. The molecule has 0 unspecified atom stereocenters. The van der Waals surface area contributed by atoms with Crippen LogP contribution in [0.15, 0.2) is 0 Å². The zero-order chi connectivity index (χ0) is 10.0. The lowest BCUT2D eigenvalue weighted by Gasteiger charge is -2.28. The number of cyclic esters (lactones) is 1. The molecule has 13 heavy (non-hydrogen) atoms. The van der Waals surface area contributed by atoms with E-state index in [0.717, 1.165) is 0 Å². The summed E-state index contributed by atoms with van der Waals surface area (Å²) in [6.07, 6.45) is -6.19. The largest absolute Gasteiger partial charge is 0.464 e. The molecule has 0 aliphatic carbocycles. The van der Waals surface area contributed by atoms with Gasteiger partial charge in [-0.2, -0.15) is 0 Å². The van der Waals surface area contributed by atoms with Crippen LogP contribution in [0.5, 0.6) is 0 Å². The number of aliphatic hydroxyl groups is 4. The molecule has 0 aromatic carbocycles. The Morgan fingerprint density at radius 3 is 2.38 bits per heavy atom. The lowest BCUT2D eigenvalue weighted by molar-refractivity contribution is -0.177. The SMILES string of the molecule is O=C1OCC[C@@H](O)[C@H](O)[C@@H](O)[C@H]1O. The number of hydrogen-bond donors (Lipinski definition) is 4. The van der Waals surface area contributed by atoms with Crippen molar-refractivity contribution in [3.63, 3.8) is 0 Å². The van der Waals surface area contributed by atoms with Crippen LogP contribution < -0.4 is 0 Å². The Balaban J connectivity index is 2.70. The summed E-state index contributed by atoms with van der Waals surface area (Å²) in [4.78, 5) is 10.8. The van der Waals surface area contributed by atoms with Gasteiger partial charge in [0.15, 0.2) is 6.10 Å². The highest BCUT2D eigenvalue weighted by Gasteiger charge is 2.37. The summed E-state index contributed by atoms with van der Waals surface area (Å²) in [5.74, 6) is -0.988. The predicted octanol–water partition coefficient (Wildman–Crippen LogP) is -2.62. The molecule has 1 aliphatic rings. The third kappa shape index (κ3) is 2.16. The standard InChI is InChI=1S/C7H12O6/c8-3-1-2-13-7(12)6(11)5(10)4(3)9/h3-6,8-11H,1-2H2/t3-,4+,5-,6-/m1/s1. The predicted molar refractivity (Wildman–Crippen MR) is 39.6 cm³/mol. The number of carbonyl (C=O) groups excluding carboxylic acids is 1. The van der Waals surface area contributed by atoms with Crippen LogP contribution in [-0.4, -0.2) is 57.4 Å². The highest BCUT2D eigenvalue weighted by molar-refractivity contribution is 5.75. The molecule has 4 N–H and O–H groups in total. The first-order valence-corrected chi connectivity index (χ1v) is 3.93. The number of carbonyl (C=O) groups is 1. The second-order valence-corrected chi connectivity index (χ2v) is 2.95. The first kappa shape index (κ1) is 10.4. The lowest BCUT2D eigenvalue weighted by atomic mass is 10.00. The van der Waals surface area contributed by atoms with Gasteiger partial charge in [-0.25, -0.2) is 4.79 Å². The van der Waals surface area contributed by atoms with Crippen molar-refractivity contribution in [3.8, 4) is 0 Å². The highest BCUT2D eigenvalue weighted by atomic mass is 16.6. The zero-order valence-corrected chi connectivity index (χ0v) is 6.83. The Bertz CT molecular complexity index is 193. The molecule has 0 amide bonds. The second-order valence-electron chi connectivity index (χ2n) is 2.95. The van der Waals surface area contributed by atoms with E-state index in [0.29, 0.717) is 0 Å². The molecule has 1 heterocycles. The molecule has 6 nitrogen and oxygen atoms in total. The monoisotopic (exact) mass is 192 g/mol. The average Bonchev–Trinajstić information content (AvgIpc) is 2.12. The molecular weight excluding hydrogens is 180 g/mol. The van der Waals surface area contributed by atoms with Crippen molar-refractivity contribution in [2.75, 3.05) is 6.61 Å². The van der Waals surface area contributed by atoms with Crippen LogP contribution in [0.25, 0.3) is 0 Å². The number of aliphatic hydroxyl groups excluding tert-OH is 4. The fourth-order valence-corrected chi connectivity index (χ4v) is 1.09. The van der Waals surface area contributed by atoms with Gasteiger partial charge >= 0.3 is 5.97 Å². The van der Waals surface area contributed by atoms with Gasteiger partial charge in [0.25, 0.3) is 0 Å². The molecule has 1 aliphatic heterocycles. The first-order chi connectivity index (χ1) is 6.04. The number of esters is 1. The molecule has 6 heteroatoms. The van der Waals surface area contributed by atoms with Gasteiger partial charge in [-0.05, 0) is 0 Å². The molecule has 1 fully saturated rings. The van der Waals surface area contributed by atoms with Crippen LogP contribution in [0.2, 0.25) is 0 Å². The van der Waals surface area contributed by atoms with Crippen LogP contribution in [0.1, 0.15) is 6.42 Å². The number of rotatable bonds is 0. The molecule has 0 bridgehead atoms. The molecule has 76 valence electrons. The van der Waals surface area contributed by atoms with Crippen molar-refractivity contribution in [3.05, 3.63) is 0 Å². The molecular formula is C7H12O6. The molecule has 4 atom stereocenters. The first-order valence-electron chi connectivity index (χ1n) is 3.93. The summed E-state index contributed by atoms with van der Waals surface area (Å²) < 4.78 is 4.46. The molecule has 0 spiro atoms. The maximum Gasteiger partial charge on any atom is 0.337 e. The molecule has 0 aromatic heterocycles. The van der Waals surface area contributed by atoms with E-state index in [1.165, 1.54) is 0 Å². The van der Waals surface area contributed by atoms with Gasteiger partial charge in [0, 0.05) is 6.42 Å². The van der Waals surface area contributed by atoms with Gasteiger partial charge in [-0.1, -0.05) is 0 Å². The van der Waals surface area contributed by atoms with E-state index in [9.17, 15) is 9.90 Å². The van der Waals surface area contributed by atoms with Crippen molar-refractivity contribution < 1.29 is 30.0 Å². The van der Waals surface area contributed by atoms with Gasteiger partial charge in [-0.15, -0.1) is 0 Å². The molecule has 0 radical (unpaired) electrons. The normalized spacial score (nSPS) is 42.0. The fraction of sp³-hybridized carbons (Fsp3) is 0.857. The van der Waals surface area contributed by atoms with Crippen LogP contribution in [-0.2, 0) is 9.53 Å². The van der Waals surface area contributed by atoms with Gasteiger partial charge in [0.05, 0.1) is 12.7 Å². The Morgan fingerprint density at radius 2 is 1.77 bits per heavy atom. The maximum atomic E-state index is 10.8. The number of hydrogen-bond acceptors (Lipinski definition) is 6. The van der Waals surface area contributed by atoms with Crippen LogP contribution in [0.4, 0.5) is 0 Å². The van der Waals surface area contributed by atoms with Crippen molar-refractivity contribution in [2.45, 2.75) is 30.8 Å². The van der Waals surface area contributed by atoms with Crippen molar-refractivity contribution in [2.24, 2.45) is 0 Å². The second kappa shape index (κ2) is 4.01. The Hall–Kier alpha value is -0.690. The third-order valence-electron chi connectivity index (χ3n) is 1.97. The Kier molecular flexibility index (Phi) is 3.21. The van der Waals surface area contributed by atoms with Crippen LogP contribution in [0.3, 0.4) is 0 Å². The van der Waals surface area contributed by atoms with E-state index in [2.05, 4.69) is 4.74 Å². The van der Waals surface area contributed by atoms with Crippen LogP contribution in [0, 0.1) is 0 Å². The van der Waals surface area contributed by atoms with Gasteiger partial charge in [-0.3, -0.25) is 0 Å². The minimum absolute atomic E-state index is 0.0384. The van der Waals surface area contributed by atoms with Crippen LogP contribution >= 0.6 is 0 Å². The van der Waals surface area contributed by atoms with Gasteiger partial charge < -0.3 is 25.2 Å². The molecule has 1 rings (SSSR count). The summed E-state index contributed by atoms with van der Waals surface area (Å²) in [7, 11) is 0. The van der Waals surface area contributed by atoms with Crippen molar-refractivity contribution in [1.82, 2.24) is 0 Å². The van der Waals surface area contributed by atoms with E-state index in [1.54, 1.807) is 0 Å². The van der Waals surface area contributed by atoms with Crippen molar-refractivity contribution >= 4 is 5.97 Å². The Morgan fingerprint density at radius 1 is 1.15 bits per heavy atom. The maximum absolute atomic E-state index is 10.8. The Labute approximate surface area is 74.4 Å². The smallest absolute Gasteiger partial charge is 0.337 e. The highest BCUT2D eigenvalue weighted by Crippen LogP contribution is 2.12. The third-order valence-corrected chi connectivity index (χ3v) is 1.97. The van der Waals surface area contributed by atoms with Gasteiger partial charge in [0.2, 0.25) is 0 Å². The average molecular weight is 192 g/mol. The van der Waals surface area contributed by atoms with E-state index in [4.69, 9.17) is 15.3 Å². The summed E-state index contributed by atoms with van der Waals surface area (Å²) in [5, 5.41) is 36.5. The summed E-state index contributed by atoms with van der Waals surface area (Å²) in [6.45, 7) is -0.0825. The van der Waals surface area contributed by atoms with Crippen molar-refractivity contribution in [1.29, 1.82) is 0 Å². The molecule has 0 aromatic rings. The molecule has 1 saturated heterocycles. The summed E-state index contributed by atoms with van der Waals surface area (Å²) in [6, 6.07) is 0. The van der Waals surface area contributed by atoms with E-state index >= 15 is 0 Å². The topological polar surface area (TPSA) is 107 Å². The quantitative estimate of drug-likeness (QED) is 0.313.